The van der Waals surface area contributed by atoms with Crippen molar-refractivity contribution in [3.05, 3.63) is 24.0 Å². The maximum atomic E-state index is 11.3. The molecule has 4 nitrogen and oxygen atoms in total. The number of amides is 1. The second kappa shape index (κ2) is 2.64. The molecule has 4 N–H and O–H groups in total. The Kier molecular flexibility index (Phi) is 1.62. The lowest BCUT2D eigenvalue weighted by Gasteiger charge is -1.99. The number of nitrogens with one attached hydrogen (secondary N) is 2. The van der Waals surface area contributed by atoms with E-state index in [1.165, 1.54) is 0 Å². The van der Waals surface area contributed by atoms with Crippen molar-refractivity contribution in [2.75, 3.05) is 0 Å². The summed E-state index contributed by atoms with van der Waals surface area (Å²) in [6.45, 7) is 0. The van der Waals surface area contributed by atoms with Crippen molar-refractivity contribution < 1.29 is 4.79 Å². The summed E-state index contributed by atoms with van der Waals surface area (Å²) in [5, 5.41) is 2.81. The van der Waals surface area contributed by atoms with Gasteiger partial charge in [-0.3, -0.25) is 4.79 Å². The molecule has 0 aliphatic heterocycles. The molecule has 2 atom stereocenters. The third kappa shape index (κ3) is 1.33. The molecule has 1 aromatic heterocycles. The zero-order valence-corrected chi connectivity index (χ0v) is 6.58. The monoisotopic (exact) mass is 165 g/mol. The van der Waals surface area contributed by atoms with E-state index in [9.17, 15) is 4.79 Å². The Labute approximate surface area is 70.1 Å². The Balaban J connectivity index is 1.93. The van der Waals surface area contributed by atoms with Crippen LogP contribution in [0.5, 0.6) is 0 Å². The summed E-state index contributed by atoms with van der Waals surface area (Å²) in [6.07, 6.45) is 2.62. The Morgan fingerprint density at radius 1 is 1.75 bits per heavy atom. The van der Waals surface area contributed by atoms with Crippen LogP contribution in [0.2, 0.25) is 0 Å². The summed E-state index contributed by atoms with van der Waals surface area (Å²) in [6, 6.07) is 3.87. The van der Waals surface area contributed by atoms with Gasteiger partial charge in [0.25, 0.3) is 5.91 Å². The maximum Gasteiger partial charge on any atom is 0.267 e. The topological polar surface area (TPSA) is 70.9 Å². The highest BCUT2D eigenvalue weighted by atomic mass is 16.2. The van der Waals surface area contributed by atoms with Gasteiger partial charge < -0.3 is 16.0 Å². The van der Waals surface area contributed by atoms with E-state index in [2.05, 4.69) is 10.3 Å². The summed E-state index contributed by atoms with van der Waals surface area (Å²) in [5.41, 5.74) is 6.13. The Morgan fingerprint density at radius 3 is 3.00 bits per heavy atom. The first-order valence-electron chi connectivity index (χ1n) is 3.97. The van der Waals surface area contributed by atoms with Crippen LogP contribution in [-0.4, -0.2) is 23.0 Å². The fourth-order valence-corrected chi connectivity index (χ4v) is 1.10. The molecule has 1 fully saturated rings. The largest absolute Gasteiger partial charge is 0.357 e. The van der Waals surface area contributed by atoms with E-state index in [4.69, 9.17) is 5.73 Å². The van der Waals surface area contributed by atoms with Gasteiger partial charge in [-0.05, 0) is 18.6 Å². The lowest BCUT2D eigenvalue weighted by atomic mass is 10.4. The van der Waals surface area contributed by atoms with Gasteiger partial charge in [-0.25, -0.2) is 0 Å². The minimum absolute atomic E-state index is 0.0713. The normalized spacial score (nSPS) is 26.8. The predicted octanol–water partition coefficient (Wildman–Crippen LogP) is -0.156. The van der Waals surface area contributed by atoms with Crippen molar-refractivity contribution in [3.8, 4) is 0 Å². The van der Waals surface area contributed by atoms with Gasteiger partial charge in [0.2, 0.25) is 0 Å². The fraction of sp³-hybridized carbons (Fsp3) is 0.375. The molecular weight excluding hydrogens is 154 g/mol. The number of carbonyl (C=O) groups is 1. The highest BCUT2D eigenvalue weighted by molar-refractivity contribution is 5.92. The first-order valence-corrected chi connectivity index (χ1v) is 3.97. The molecule has 0 bridgehead atoms. The van der Waals surface area contributed by atoms with E-state index in [1.807, 2.05) is 0 Å². The van der Waals surface area contributed by atoms with Crippen LogP contribution >= 0.6 is 0 Å². The number of H-pyrrole nitrogens is 1. The number of carbonyl (C=O) groups excluding carboxylic acids is 1. The zero-order valence-electron chi connectivity index (χ0n) is 6.58. The van der Waals surface area contributed by atoms with Crippen LogP contribution < -0.4 is 11.1 Å². The van der Waals surface area contributed by atoms with Gasteiger partial charge >= 0.3 is 0 Å². The number of hydrogen-bond donors (Lipinski definition) is 3. The highest BCUT2D eigenvalue weighted by Gasteiger charge is 2.34. The summed E-state index contributed by atoms with van der Waals surface area (Å²) < 4.78 is 0. The van der Waals surface area contributed by atoms with Gasteiger partial charge in [-0.15, -0.1) is 0 Å². The smallest absolute Gasteiger partial charge is 0.267 e. The van der Waals surface area contributed by atoms with Crippen LogP contribution in [0.1, 0.15) is 16.9 Å². The Bertz CT molecular complexity index is 281. The lowest BCUT2D eigenvalue weighted by molar-refractivity contribution is 0.0946. The molecule has 2 unspecified atom stereocenters. The molecule has 1 amide bonds. The van der Waals surface area contributed by atoms with Crippen molar-refractivity contribution in [2.45, 2.75) is 18.5 Å². The molecule has 12 heavy (non-hydrogen) atoms. The molecule has 1 aliphatic carbocycles. The Hall–Kier alpha value is -1.29. The molecule has 0 spiro atoms. The Morgan fingerprint density at radius 2 is 2.50 bits per heavy atom. The summed E-state index contributed by atoms with van der Waals surface area (Å²) in [5.74, 6) is -0.0713. The minimum Gasteiger partial charge on any atom is -0.357 e. The lowest BCUT2D eigenvalue weighted by Crippen LogP contribution is -2.29. The van der Waals surface area contributed by atoms with Crippen LogP contribution in [0.15, 0.2) is 18.3 Å². The van der Waals surface area contributed by atoms with Crippen molar-refractivity contribution in [1.29, 1.82) is 0 Å². The number of rotatable bonds is 2. The van der Waals surface area contributed by atoms with E-state index >= 15 is 0 Å². The number of aromatic nitrogens is 1. The minimum atomic E-state index is -0.0713. The molecule has 64 valence electrons. The molecule has 0 saturated heterocycles. The maximum absolute atomic E-state index is 11.3. The van der Waals surface area contributed by atoms with Crippen molar-refractivity contribution in [1.82, 2.24) is 10.3 Å². The molecule has 0 radical (unpaired) electrons. The van der Waals surface area contributed by atoms with Gasteiger partial charge in [0.05, 0.1) is 0 Å². The van der Waals surface area contributed by atoms with Crippen molar-refractivity contribution in [3.63, 3.8) is 0 Å². The number of aromatic amines is 1. The second-order valence-electron chi connectivity index (χ2n) is 3.06. The van der Waals surface area contributed by atoms with E-state index in [-0.39, 0.29) is 18.0 Å². The molecule has 2 rings (SSSR count). The second-order valence-corrected chi connectivity index (χ2v) is 3.06. The van der Waals surface area contributed by atoms with Gasteiger partial charge in [-0.1, -0.05) is 0 Å². The third-order valence-electron chi connectivity index (χ3n) is 2.00. The molecular formula is C8H11N3O. The van der Waals surface area contributed by atoms with Crippen molar-refractivity contribution in [2.24, 2.45) is 5.73 Å². The van der Waals surface area contributed by atoms with Crippen LogP contribution in [0.3, 0.4) is 0 Å². The number of nitrogens with two attached hydrogens (primary N) is 1. The molecule has 1 saturated carbocycles. The van der Waals surface area contributed by atoms with E-state index in [1.54, 1.807) is 18.3 Å². The van der Waals surface area contributed by atoms with Crippen molar-refractivity contribution >= 4 is 5.91 Å². The molecule has 1 heterocycles. The molecule has 1 aliphatic rings. The first kappa shape index (κ1) is 7.36. The first-order chi connectivity index (χ1) is 5.77. The summed E-state index contributed by atoms with van der Waals surface area (Å²) in [7, 11) is 0. The van der Waals surface area contributed by atoms with Crippen LogP contribution in [-0.2, 0) is 0 Å². The quantitative estimate of drug-likeness (QED) is 0.570. The average Bonchev–Trinajstić information content (AvgIpc) is 2.58. The SMILES string of the molecule is NC1CC1NC(=O)c1ccc[nH]1. The van der Waals surface area contributed by atoms with E-state index in [0.29, 0.717) is 5.69 Å². The highest BCUT2D eigenvalue weighted by Crippen LogP contribution is 2.17. The molecule has 1 aromatic rings. The fourth-order valence-electron chi connectivity index (χ4n) is 1.10. The summed E-state index contributed by atoms with van der Waals surface area (Å²) >= 11 is 0. The predicted molar refractivity (Wildman–Crippen MR) is 44.6 cm³/mol. The number of hydrogen-bond acceptors (Lipinski definition) is 2. The van der Waals surface area contributed by atoms with Gasteiger partial charge in [0.1, 0.15) is 5.69 Å². The van der Waals surface area contributed by atoms with Crippen LogP contribution in [0, 0.1) is 0 Å². The van der Waals surface area contributed by atoms with Crippen LogP contribution in [0.25, 0.3) is 0 Å². The zero-order chi connectivity index (χ0) is 8.55. The van der Waals surface area contributed by atoms with Crippen LogP contribution in [0.4, 0.5) is 0 Å². The molecule has 0 aromatic carbocycles. The van der Waals surface area contributed by atoms with Gasteiger partial charge in [0, 0.05) is 18.3 Å². The molecule has 4 heteroatoms. The van der Waals surface area contributed by atoms with Gasteiger partial charge in [-0.2, -0.15) is 0 Å². The standard InChI is InChI=1S/C8H11N3O/c9-5-4-7(5)11-8(12)6-2-1-3-10-6/h1-3,5,7,10H,4,9H2,(H,11,12). The van der Waals surface area contributed by atoms with E-state index in [0.717, 1.165) is 6.42 Å². The van der Waals surface area contributed by atoms with E-state index < -0.39 is 0 Å². The average molecular weight is 165 g/mol. The summed E-state index contributed by atoms with van der Waals surface area (Å²) in [4.78, 5) is 14.1. The third-order valence-corrected chi connectivity index (χ3v) is 2.00. The van der Waals surface area contributed by atoms with Gasteiger partial charge in [0.15, 0.2) is 0 Å².